The predicted octanol–water partition coefficient (Wildman–Crippen LogP) is -0.542. The van der Waals surface area contributed by atoms with E-state index < -0.39 is 10.4 Å². The number of thiol groups is 2. The Hall–Kier alpha value is 0.490. The Labute approximate surface area is 70.2 Å². The van der Waals surface area contributed by atoms with Crippen molar-refractivity contribution in [3.05, 3.63) is 0 Å². The highest BCUT2D eigenvalue weighted by Gasteiger charge is 1.84. The summed E-state index contributed by atoms with van der Waals surface area (Å²) in [6.45, 7) is 0. The van der Waals surface area contributed by atoms with Crippen molar-refractivity contribution in [2.75, 3.05) is 6.26 Å². The standard InChI is InChI=1S/CH4S.H2O4S.H2OS.H2O/c1-2;1-5(2,3)4;1-2;/h2H,1H3;(H2,1,2,3,4);1-2H;1H2. The first-order chi connectivity index (χ1) is 4.00. The smallest absolute Gasteiger partial charge is 0.394 e. The van der Waals surface area contributed by atoms with E-state index in [4.69, 9.17) is 22.1 Å². The summed E-state index contributed by atoms with van der Waals surface area (Å²) in [6.07, 6.45) is 1.69. The lowest BCUT2D eigenvalue weighted by molar-refractivity contribution is 0.381. The molecule has 0 aromatic rings. The lowest BCUT2D eigenvalue weighted by Crippen LogP contribution is -1.89. The zero-order chi connectivity index (χ0) is 8.50. The van der Waals surface area contributed by atoms with Crippen molar-refractivity contribution < 1.29 is 27.6 Å². The Balaban J connectivity index is -0.0000000315. The molecule has 0 aliphatic heterocycles. The number of rotatable bonds is 0. The van der Waals surface area contributed by atoms with Crippen LogP contribution >= 0.6 is 25.5 Å². The van der Waals surface area contributed by atoms with Crippen LogP contribution in [0.25, 0.3) is 0 Å². The van der Waals surface area contributed by atoms with E-state index in [1.807, 2.05) is 0 Å². The minimum Gasteiger partial charge on any atom is -0.412 e. The summed E-state index contributed by atoms with van der Waals surface area (Å²) in [5.74, 6) is 0. The summed E-state index contributed by atoms with van der Waals surface area (Å²) in [5.41, 5.74) is 0. The fraction of sp³-hybridized carbons (Fsp3) is 1.00. The van der Waals surface area contributed by atoms with Gasteiger partial charge in [-0.05, 0) is 19.2 Å². The van der Waals surface area contributed by atoms with Crippen molar-refractivity contribution in [1.29, 1.82) is 0 Å². The lowest BCUT2D eigenvalue weighted by atomic mass is 12.0. The van der Waals surface area contributed by atoms with Crippen LogP contribution in [0.3, 0.4) is 0 Å². The largest absolute Gasteiger partial charge is 0.412 e. The van der Waals surface area contributed by atoms with Crippen LogP contribution in [0.5, 0.6) is 0 Å². The molecule has 0 saturated carbocycles. The molecule has 0 heterocycles. The van der Waals surface area contributed by atoms with Crippen molar-refractivity contribution in [3.8, 4) is 0 Å². The summed E-state index contributed by atoms with van der Waals surface area (Å²) >= 11 is 6.06. The second kappa shape index (κ2) is 16.2. The van der Waals surface area contributed by atoms with Gasteiger partial charge in [0.15, 0.2) is 0 Å². The fourth-order valence-electron chi connectivity index (χ4n) is 0. The summed E-state index contributed by atoms with van der Waals surface area (Å²) in [5, 5.41) is 0. The molecule has 0 rings (SSSR count). The van der Waals surface area contributed by atoms with E-state index in [0.29, 0.717) is 0 Å². The summed E-state index contributed by atoms with van der Waals surface area (Å²) < 4.78 is 38.3. The zero-order valence-electron chi connectivity index (χ0n) is 4.96. The van der Waals surface area contributed by atoms with Gasteiger partial charge in [-0.3, -0.25) is 9.11 Å². The van der Waals surface area contributed by atoms with Gasteiger partial charge in [-0.25, -0.2) is 0 Å². The Kier molecular flexibility index (Phi) is 36.4. The van der Waals surface area contributed by atoms with Crippen LogP contribution in [0.1, 0.15) is 0 Å². The molecule has 0 bridgehead atoms. The summed E-state index contributed by atoms with van der Waals surface area (Å²) in [7, 11) is -4.67. The second-order valence-electron chi connectivity index (χ2n) is 0.448. The van der Waals surface area contributed by atoms with Crippen molar-refractivity contribution in [2.24, 2.45) is 0 Å². The highest BCUT2D eigenvalue weighted by molar-refractivity contribution is 7.80. The van der Waals surface area contributed by atoms with Gasteiger partial charge in [0.2, 0.25) is 0 Å². The van der Waals surface area contributed by atoms with E-state index in [0.717, 1.165) is 0 Å². The van der Waals surface area contributed by atoms with E-state index in [1.165, 1.54) is 0 Å². The molecule has 6 nitrogen and oxygen atoms in total. The first kappa shape index (κ1) is 22.4. The van der Waals surface area contributed by atoms with Crippen LogP contribution in [0.4, 0.5) is 0 Å². The van der Waals surface area contributed by atoms with E-state index in [9.17, 15) is 0 Å². The summed E-state index contributed by atoms with van der Waals surface area (Å²) in [6, 6.07) is 0. The molecule has 5 N–H and O–H groups in total. The monoisotopic (exact) mass is 214 g/mol. The van der Waals surface area contributed by atoms with Gasteiger partial charge < -0.3 is 10.0 Å². The molecule has 0 aliphatic rings. The minimum absolute atomic E-state index is 0. The maximum Gasteiger partial charge on any atom is 0.394 e. The third kappa shape index (κ3) is 1980. The average Bonchev–Trinajstić information content (AvgIpc) is 1.72. The van der Waals surface area contributed by atoms with Crippen molar-refractivity contribution in [1.82, 2.24) is 0 Å². The molecule has 0 spiro atoms. The van der Waals surface area contributed by atoms with Crippen LogP contribution < -0.4 is 0 Å². The van der Waals surface area contributed by atoms with Gasteiger partial charge in [0, 0.05) is 0 Å². The molecule has 0 unspecified atom stereocenters. The lowest BCUT2D eigenvalue weighted by Gasteiger charge is -1.68. The Morgan fingerprint density at radius 3 is 1.10 bits per heavy atom. The zero-order valence-corrected chi connectivity index (χ0v) is 7.57. The van der Waals surface area contributed by atoms with Gasteiger partial charge >= 0.3 is 10.4 Å². The molecule has 0 aliphatic carbocycles. The molecule has 0 amide bonds. The Bertz CT molecular complexity index is 96.2. The van der Waals surface area contributed by atoms with Crippen LogP contribution in [0, 0.1) is 0 Å². The van der Waals surface area contributed by atoms with Crippen LogP contribution in [-0.4, -0.2) is 33.8 Å². The highest BCUT2D eigenvalue weighted by atomic mass is 32.3. The summed E-state index contributed by atoms with van der Waals surface area (Å²) in [4.78, 5) is 0. The number of hydrogen-bond donors (Lipinski definition) is 5. The molecule has 0 fully saturated rings. The quantitative estimate of drug-likeness (QED) is 0.210. The van der Waals surface area contributed by atoms with Gasteiger partial charge in [-0.1, -0.05) is 0 Å². The highest BCUT2D eigenvalue weighted by Crippen LogP contribution is 1.59. The van der Waals surface area contributed by atoms with E-state index in [1.54, 1.807) is 6.26 Å². The van der Waals surface area contributed by atoms with Crippen LogP contribution in [-0.2, 0) is 10.4 Å². The van der Waals surface area contributed by atoms with Crippen molar-refractivity contribution in [3.63, 3.8) is 0 Å². The maximum atomic E-state index is 8.74. The average molecular weight is 214 g/mol. The first-order valence-electron chi connectivity index (χ1n) is 1.35. The third-order valence-electron chi connectivity index (χ3n) is 0. The van der Waals surface area contributed by atoms with Crippen molar-refractivity contribution >= 4 is 35.9 Å². The van der Waals surface area contributed by atoms with Gasteiger partial charge in [0.25, 0.3) is 0 Å². The van der Waals surface area contributed by atoms with Gasteiger partial charge in [-0.15, -0.1) is 0 Å². The number of hydrogen-bond acceptors (Lipinski definition) is 5. The third-order valence-corrected chi connectivity index (χ3v) is 0. The van der Waals surface area contributed by atoms with E-state index in [-0.39, 0.29) is 5.48 Å². The van der Waals surface area contributed by atoms with E-state index >= 15 is 0 Å². The molecule has 0 radical (unpaired) electrons. The fourth-order valence-corrected chi connectivity index (χ4v) is 0. The normalized spacial score (nSPS) is 7.00. The molecular formula is CH10O6S3. The molecule has 0 saturated heterocycles. The molecule has 9 heteroatoms. The van der Waals surface area contributed by atoms with Crippen LogP contribution in [0.15, 0.2) is 0 Å². The van der Waals surface area contributed by atoms with Crippen molar-refractivity contribution in [2.45, 2.75) is 0 Å². The maximum absolute atomic E-state index is 8.74. The first-order valence-corrected chi connectivity index (χ1v) is 4.04. The van der Waals surface area contributed by atoms with Gasteiger partial charge in [0.05, 0.1) is 0 Å². The Morgan fingerprint density at radius 1 is 1.10 bits per heavy atom. The second-order valence-corrected chi connectivity index (χ2v) is 1.34. The van der Waals surface area contributed by atoms with Gasteiger partial charge in [0.1, 0.15) is 0 Å². The predicted molar refractivity (Wildman–Crippen MR) is 44.3 cm³/mol. The van der Waals surface area contributed by atoms with Crippen LogP contribution in [0.2, 0.25) is 0 Å². The van der Waals surface area contributed by atoms with E-state index in [2.05, 4.69) is 25.5 Å². The molecule has 0 aromatic carbocycles. The molecule has 10 heavy (non-hydrogen) atoms. The SMILES string of the molecule is CS.O.O=S(=O)(O)O.OS. The Morgan fingerprint density at radius 2 is 1.10 bits per heavy atom. The molecular weight excluding hydrogens is 204 g/mol. The van der Waals surface area contributed by atoms with Gasteiger partial charge in [-0.2, -0.15) is 21.0 Å². The molecule has 0 aromatic heterocycles. The minimum atomic E-state index is -4.67. The topological polar surface area (TPSA) is 126 Å². The molecule has 0 atom stereocenters. The molecule has 68 valence electrons.